The summed E-state index contributed by atoms with van der Waals surface area (Å²) in [4.78, 5) is 23.2. The van der Waals surface area contributed by atoms with Gasteiger partial charge in [-0.1, -0.05) is 47.8 Å². The number of nitrogens with two attached hydrogens (primary N) is 1. The monoisotopic (exact) mass is 355 g/mol. The molecule has 21 heavy (non-hydrogen) atoms. The molecule has 0 aliphatic rings. The lowest BCUT2D eigenvalue weighted by Crippen LogP contribution is -2.49. The molecule has 5 nitrogen and oxygen atoms in total. The standard InChI is InChI=1S/C15H22BrN3O2/c1-3-4-5-13(19-15(17)21)14(20)18-10(2)11-6-8-12(16)9-7-11/h6-10,13H,3-5H2,1-2H3,(H,18,20)(H3,17,19,21). The van der Waals surface area contributed by atoms with E-state index in [0.29, 0.717) is 6.42 Å². The number of urea groups is 1. The van der Waals surface area contributed by atoms with Crippen LogP contribution >= 0.6 is 15.9 Å². The summed E-state index contributed by atoms with van der Waals surface area (Å²) in [5, 5.41) is 5.41. The smallest absolute Gasteiger partial charge is 0.312 e. The van der Waals surface area contributed by atoms with Crippen molar-refractivity contribution in [3.63, 3.8) is 0 Å². The van der Waals surface area contributed by atoms with E-state index in [4.69, 9.17) is 5.73 Å². The molecule has 2 unspecified atom stereocenters. The first-order valence-electron chi connectivity index (χ1n) is 7.05. The molecular weight excluding hydrogens is 334 g/mol. The van der Waals surface area contributed by atoms with Crippen LogP contribution in [0.25, 0.3) is 0 Å². The van der Waals surface area contributed by atoms with Crippen LogP contribution in [-0.2, 0) is 4.79 Å². The Balaban J connectivity index is 2.66. The van der Waals surface area contributed by atoms with Crippen molar-refractivity contribution in [2.45, 2.75) is 45.2 Å². The maximum Gasteiger partial charge on any atom is 0.312 e. The Hall–Kier alpha value is -1.56. The van der Waals surface area contributed by atoms with Gasteiger partial charge >= 0.3 is 6.03 Å². The molecule has 1 aromatic rings. The molecular formula is C15H22BrN3O2. The number of unbranched alkanes of at least 4 members (excludes halogenated alkanes) is 1. The number of nitrogens with one attached hydrogen (secondary N) is 2. The number of hydrogen-bond donors (Lipinski definition) is 3. The van der Waals surface area contributed by atoms with Crippen molar-refractivity contribution >= 4 is 27.9 Å². The quantitative estimate of drug-likeness (QED) is 0.702. The normalized spacial score (nSPS) is 13.3. The lowest BCUT2D eigenvalue weighted by molar-refractivity contribution is -0.123. The summed E-state index contributed by atoms with van der Waals surface area (Å²) in [6.45, 7) is 3.94. The van der Waals surface area contributed by atoms with E-state index in [1.54, 1.807) is 0 Å². The predicted molar refractivity (Wildman–Crippen MR) is 86.7 cm³/mol. The lowest BCUT2D eigenvalue weighted by Gasteiger charge is -2.21. The minimum Gasteiger partial charge on any atom is -0.352 e. The number of carbonyl (C=O) groups is 2. The average Bonchev–Trinajstić information content (AvgIpc) is 2.43. The molecule has 116 valence electrons. The van der Waals surface area contributed by atoms with Crippen molar-refractivity contribution < 1.29 is 9.59 Å². The fraction of sp³-hybridized carbons (Fsp3) is 0.467. The van der Waals surface area contributed by atoms with Crippen LogP contribution in [0.1, 0.15) is 44.7 Å². The molecule has 0 aliphatic carbocycles. The van der Waals surface area contributed by atoms with Gasteiger partial charge in [0.25, 0.3) is 0 Å². The second-order valence-electron chi connectivity index (χ2n) is 4.99. The fourth-order valence-corrected chi connectivity index (χ4v) is 2.26. The molecule has 2 atom stereocenters. The second-order valence-corrected chi connectivity index (χ2v) is 5.90. The molecule has 1 aromatic carbocycles. The molecule has 0 spiro atoms. The molecule has 0 bridgehead atoms. The van der Waals surface area contributed by atoms with Gasteiger partial charge in [-0.2, -0.15) is 0 Å². The van der Waals surface area contributed by atoms with E-state index in [0.717, 1.165) is 22.9 Å². The highest BCUT2D eigenvalue weighted by atomic mass is 79.9. The highest BCUT2D eigenvalue weighted by Crippen LogP contribution is 2.16. The zero-order chi connectivity index (χ0) is 15.8. The van der Waals surface area contributed by atoms with Crippen LogP contribution < -0.4 is 16.4 Å². The number of halogens is 1. The largest absolute Gasteiger partial charge is 0.352 e. The highest BCUT2D eigenvalue weighted by Gasteiger charge is 2.21. The van der Waals surface area contributed by atoms with Crippen molar-refractivity contribution in [3.8, 4) is 0 Å². The summed E-state index contributed by atoms with van der Waals surface area (Å²) in [7, 11) is 0. The van der Waals surface area contributed by atoms with Gasteiger partial charge < -0.3 is 16.4 Å². The van der Waals surface area contributed by atoms with Crippen LogP contribution in [0, 0.1) is 0 Å². The van der Waals surface area contributed by atoms with Crippen LogP contribution in [-0.4, -0.2) is 18.0 Å². The molecule has 0 fully saturated rings. The molecule has 0 aromatic heterocycles. The molecule has 4 N–H and O–H groups in total. The maximum atomic E-state index is 12.2. The second kappa shape index (κ2) is 8.67. The summed E-state index contributed by atoms with van der Waals surface area (Å²) in [5.41, 5.74) is 6.13. The van der Waals surface area contributed by atoms with E-state index in [-0.39, 0.29) is 11.9 Å². The predicted octanol–water partition coefficient (Wildman–Crippen LogP) is 2.85. The van der Waals surface area contributed by atoms with Gasteiger partial charge in [0.1, 0.15) is 6.04 Å². The maximum absolute atomic E-state index is 12.2. The van der Waals surface area contributed by atoms with Gasteiger partial charge in [-0.15, -0.1) is 0 Å². The van der Waals surface area contributed by atoms with Crippen molar-refractivity contribution in [2.24, 2.45) is 5.73 Å². The molecule has 3 amide bonds. The van der Waals surface area contributed by atoms with Crippen LogP contribution in [0.15, 0.2) is 28.7 Å². The van der Waals surface area contributed by atoms with Crippen molar-refractivity contribution in [2.75, 3.05) is 0 Å². The van der Waals surface area contributed by atoms with E-state index in [9.17, 15) is 9.59 Å². The summed E-state index contributed by atoms with van der Waals surface area (Å²) in [6, 6.07) is 6.34. The first-order valence-corrected chi connectivity index (χ1v) is 7.85. The topological polar surface area (TPSA) is 84.2 Å². The number of benzene rings is 1. The Morgan fingerprint density at radius 3 is 2.38 bits per heavy atom. The van der Waals surface area contributed by atoms with Crippen LogP contribution in [0.5, 0.6) is 0 Å². The van der Waals surface area contributed by atoms with E-state index >= 15 is 0 Å². The van der Waals surface area contributed by atoms with Gasteiger partial charge in [0.05, 0.1) is 6.04 Å². The van der Waals surface area contributed by atoms with Crippen molar-refractivity contribution in [1.82, 2.24) is 10.6 Å². The molecule has 1 rings (SSSR count). The molecule has 0 aliphatic heterocycles. The molecule has 0 saturated heterocycles. The van der Waals surface area contributed by atoms with Gasteiger partial charge in [0.2, 0.25) is 5.91 Å². The third kappa shape index (κ3) is 6.16. The van der Waals surface area contributed by atoms with Gasteiger partial charge in [-0.25, -0.2) is 4.79 Å². The Morgan fingerprint density at radius 1 is 1.24 bits per heavy atom. The first-order chi connectivity index (χ1) is 9.93. The van der Waals surface area contributed by atoms with Crippen LogP contribution in [0.4, 0.5) is 4.79 Å². The highest BCUT2D eigenvalue weighted by molar-refractivity contribution is 9.10. The zero-order valence-corrected chi connectivity index (χ0v) is 13.9. The number of carbonyl (C=O) groups excluding carboxylic acids is 2. The minimum absolute atomic E-state index is 0.135. The molecule has 0 heterocycles. The summed E-state index contributed by atoms with van der Waals surface area (Å²) in [6.07, 6.45) is 2.38. The number of primary amides is 1. The average molecular weight is 356 g/mol. The third-order valence-electron chi connectivity index (χ3n) is 3.21. The van der Waals surface area contributed by atoms with Crippen LogP contribution in [0.2, 0.25) is 0 Å². The SMILES string of the molecule is CCCCC(NC(N)=O)C(=O)NC(C)c1ccc(Br)cc1. The van der Waals surface area contributed by atoms with Gasteiger partial charge in [0.15, 0.2) is 0 Å². The summed E-state index contributed by atoms with van der Waals surface area (Å²) in [5.74, 6) is -0.210. The number of rotatable bonds is 7. The Bertz CT molecular complexity index is 476. The summed E-state index contributed by atoms with van der Waals surface area (Å²) >= 11 is 3.38. The van der Waals surface area contributed by atoms with E-state index in [1.165, 1.54) is 0 Å². The Labute approximate surface area is 133 Å². The number of hydrogen-bond acceptors (Lipinski definition) is 2. The van der Waals surface area contributed by atoms with Gasteiger partial charge in [-0.05, 0) is 31.0 Å². The van der Waals surface area contributed by atoms with Crippen molar-refractivity contribution in [3.05, 3.63) is 34.3 Å². The molecule has 0 saturated carbocycles. The molecule has 0 radical (unpaired) electrons. The van der Waals surface area contributed by atoms with Gasteiger partial charge in [-0.3, -0.25) is 4.79 Å². The Kier molecular flexibility index (Phi) is 7.22. The van der Waals surface area contributed by atoms with Gasteiger partial charge in [0, 0.05) is 4.47 Å². The molecule has 6 heteroatoms. The zero-order valence-electron chi connectivity index (χ0n) is 12.4. The summed E-state index contributed by atoms with van der Waals surface area (Å²) < 4.78 is 0.987. The van der Waals surface area contributed by atoms with E-state index in [2.05, 4.69) is 26.6 Å². The number of amides is 3. The lowest BCUT2D eigenvalue weighted by atomic mass is 10.1. The van der Waals surface area contributed by atoms with Crippen LogP contribution in [0.3, 0.4) is 0 Å². The van der Waals surface area contributed by atoms with E-state index in [1.807, 2.05) is 38.1 Å². The Morgan fingerprint density at radius 2 is 1.86 bits per heavy atom. The fourth-order valence-electron chi connectivity index (χ4n) is 2.00. The minimum atomic E-state index is -0.678. The van der Waals surface area contributed by atoms with Crippen molar-refractivity contribution in [1.29, 1.82) is 0 Å². The first kappa shape index (κ1) is 17.5. The van der Waals surface area contributed by atoms with E-state index < -0.39 is 12.1 Å². The third-order valence-corrected chi connectivity index (χ3v) is 3.74.